The van der Waals surface area contributed by atoms with E-state index in [1.54, 1.807) is 39.5 Å². The topological polar surface area (TPSA) is 88.7 Å². The first-order chi connectivity index (χ1) is 17.0. The summed E-state index contributed by atoms with van der Waals surface area (Å²) in [6, 6.07) is 16.7. The summed E-state index contributed by atoms with van der Waals surface area (Å²) in [6.07, 6.45) is 0. The molecule has 0 aliphatic heterocycles. The number of benzene rings is 3. The van der Waals surface area contributed by atoms with Crippen molar-refractivity contribution in [1.82, 2.24) is 9.97 Å². The lowest BCUT2D eigenvalue weighted by Crippen LogP contribution is -2.24. The second-order valence-electron chi connectivity index (χ2n) is 7.87. The molecule has 8 heteroatoms. The van der Waals surface area contributed by atoms with Gasteiger partial charge in [-0.15, -0.1) is 0 Å². The van der Waals surface area contributed by atoms with Gasteiger partial charge in [0.1, 0.15) is 11.6 Å². The number of H-pyrrole nitrogens is 1. The molecule has 35 heavy (non-hydrogen) atoms. The molecule has 0 aliphatic carbocycles. The molecular weight excluding hydrogens is 444 g/mol. The number of carbonyl (C=O) groups excluding carboxylic acids is 1. The van der Waals surface area contributed by atoms with Gasteiger partial charge in [-0.1, -0.05) is 12.1 Å². The van der Waals surface area contributed by atoms with Crippen LogP contribution in [0, 0.1) is 0 Å². The average Bonchev–Trinajstić information content (AvgIpc) is 3.31. The average molecular weight is 475 g/mol. The van der Waals surface area contributed by atoms with Crippen molar-refractivity contribution in [2.75, 3.05) is 44.6 Å². The third kappa shape index (κ3) is 4.73. The van der Waals surface area contributed by atoms with E-state index in [1.807, 2.05) is 36.4 Å². The molecule has 182 valence electrons. The Labute approximate surface area is 204 Å². The Hall–Kier alpha value is -4.20. The molecule has 0 spiro atoms. The number of hydrogen-bond donors (Lipinski definition) is 2. The largest absolute Gasteiger partial charge is 0.496 e. The number of nitrogens with one attached hydrogen (secondary N) is 2. The lowest BCUT2D eigenvalue weighted by molar-refractivity contribution is 0.102. The van der Waals surface area contributed by atoms with Crippen LogP contribution < -0.4 is 24.4 Å². The van der Waals surface area contributed by atoms with Gasteiger partial charge in [0, 0.05) is 18.7 Å². The number of amides is 1. The maximum absolute atomic E-state index is 13.2. The highest BCUT2D eigenvalue weighted by molar-refractivity contribution is 6.07. The molecule has 1 heterocycles. The summed E-state index contributed by atoms with van der Waals surface area (Å²) in [5, 5.41) is 3.07. The molecule has 0 saturated carbocycles. The zero-order chi connectivity index (χ0) is 24.9. The standard InChI is InChI=1S/C27H30N4O4/c1-6-31(7-2)22-16-20-19(28-26(29-20)18-10-8-9-11-23(18)33-3)15-21(22)30-27(32)17-12-13-24(34-4)25(14-17)35-5/h8-16H,6-7H2,1-5H3,(H,28,29)(H,30,32). The van der Waals surface area contributed by atoms with E-state index in [2.05, 4.69) is 29.0 Å². The van der Waals surface area contributed by atoms with E-state index in [0.29, 0.717) is 28.6 Å². The first-order valence-corrected chi connectivity index (χ1v) is 11.5. The number of carbonyl (C=O) groups is 1. The number of anilines is 2. The van der Waals surface area contributed by atoms with Crippen LogP contribution in [0.2, 0.25) is 0 Å². The fourth-order valence-electron chi connectivity index (χ4n) is 4.11. The molecule has 3 aromatic carbocycles. The van der Waals surface area contributed by atoms with Crippen LogP contribution in [0.3, 0.4) is 0 Å². The van der Waals surface area contributed by atoms with Crippen molar-refractivity contribution in [3.05, 3.63) is 60.2 Å². The Balaban J connectivity index is 1.77. The lowest BCUT2D eigenvalue weighted by Gasteiger charge is -2.24. The number of imidazole rings is 1. The second kappa shape index (κ2) is 10.4. The third-order valence-electron chi connectivity index (χ3n) is 5.96. The normalized spacial score (nSPS) is 10.8. The molecule has 2 N–H and O–H groups in total. The minimum atomic E-state index is -0.251. The Bertz CT molecular complexity index is 1340. The quantitative estimate of drug-likeness (QED) is 0.340. The van der Waals surface area contributed by atoms with Crippen LogP contribution in [0.15, 0.2) is 54.6 Å². The van der Waals surface area contributed by atoms with E-state index >= 15 is 0 Å². The van der Waals surface area contributed by atoms with Crippen molar-refractivity contribution in [2.45, 2.75) is 13.8 Å². The van der Waals surface area contributed by atoms with E-state index < -0.39 is 0 Å². The van der Waals surface area contributed by atoms with Crippen molar-refractivity contribution in [2.24, 2.45) is 0 Å². The Morgan fingerprint density at radius 3 is 2.31 bits per heavy atom. The van der Waals surface area contributed by atoms with Crippen LogP contribution in [-0.4, -0.2) is 50.3 Å². The first kappa shape index (κ1) is 23.9. The van der Waals surface area contributed by atoms with E-state index in [1.165, 1.54) is 0 Å². The van der Waals surface area contributed by atoms with Crippen LogP contribution in [-0.2, 0) is 0 Å². The van der Waals surface area contributed by atoms with E-state index in [-0.39, 0.29) is 5.91 Å². The number of hydrogen-bond acceptors (Lipinski definition) is 6. The van der Waals surface area contributed by atoms with Crippen molar-refractivity contribution in [3.8, 4) is 28.6 Å². The summed E-state index contributed by atoms with van der Waals surface area (Å²) in [4.78, 5) is 23.6. The number of rotatable bonds is 9. The fourth-order valence-corrected chi connectivity index (χ4v) is 4.11. The Morgan fingerprint density at radius 2 is 1.63 bits per heavy atom. The SMILES string of the molecule is CCN(CC)c1cc2[nH]c(-c3ccccc3OC)nc2cc1NC(=O)c1ccc(OC)c(OC)c1. The summed E-state index contributed by atoms with van der Waals surface area (Å²) in [5.41, 5.74) is 4.53. The zero-order valence-electron chi connectivity index (χ0n) is 20.6. The molecule has 4 rings (SSSR count). The van der Waals surface area contributed by atoms with Crippen LogP contribution >= 0.6 is 0 Å². The minimum Gasteiger partial charge on any atom is -0.496 e. The molecule has 0 aliphatic rings. The maximum atomic E-state index is 13.2. The van der Waals surface area contributed by atoms with Gasteiger partial charge < -0.3 is 29.4 Å². The number of nitrogens with zero attached hydrogens (tertiary/aromatic N) is 2. The van der Waals surface area contributed by atoms with Gasteiger partial charge in [0.25, 0.3) is 5.91 Å². The highest BCUT2D eigenvalue weighted by Gasteiger charge is 2.18. The maximum Gasteiger partial charge on any atom is 0.255 e. The number of aromatic nitrogens is 2. The summed E-state index contributed by atoms with van der Waals surface area (Å²) in [6.45, 7) is 5.74. The highest BCUT2D eigenvalue weighted by atomic mass is 16.5. The fraction of sp³-hybridized carbons (Fsp3) is 0.259. The second-order valence-corrected chi connectivity index (χ2v) is 7.87. The molecule has 1 aromatic heterocycles. The number of fused-ring (bicyclic) bond motifs is 1. The number of ether oxygens (including phenoxy) is 3. The molecule has 0 bridgehead atoms. The van der Waals surface area contributed by atoms with Gasteiger partial charge in [0.05, 0.1) is 49.3 Å². The Kier molecular flexibility index (Phi) is 7.10. The number of methoxy groups -OCH3 is 3. The molecule has 0 unspecified atom stereocenters. The van der Waals surface area contributed by atoms with Gasteiger partial charge in [-0.3, -0.25) is 4.79 Å². The summed E-state index contributed by atoms with van der Waals surface area (Å²) >= 11 is 0. The van der Waals surface area contributed by atoms with Crippen molar-refractivity contribution < 1.29 is 19.0 Å². The smallest absolute Gasteiger partial charge is 0.255 e. The summed E-state index contributed by atoms with van der Waals surface area (Å²) in [5.74, 6) is 2.24. The molecule has 0 atom stereocenters. The first-order valence-electron chi connectivity index (χ1n) is 11.5. The predicted octanol–water partition coefficient (Wildman–Crippen LogP) is 5.35. The summed E-state index contributed by atoms with van der Waals surface area (Å²) < 4.78 is 16.2. The predicted molar refractivity (Wildman–Crippen MR) is 139 cm³/mol. The van der Waals surface area contributed by atoms with E-state index in [9.17, 15) is 4.79 Å². The number of para-hydroxylation sites is 1. The number of aromatic amines is 1. The van der Waals surface area contributed by atoms with Crippen LogP contribution in [0.4, 0.5) is 11.4 Å². The molecule has 8 nitrogen and oxygen atoms in total. The summed E-state index contributed by atoms with van der Waals surface area (Å²) in [7, 11) is 4.75. The zero-order valence-corrected chi connectivity index (χ0v) is 20.6. The van der Waals surface area contributed by atoms with Crippen LogP contribution in [0.5, 0.6) is 17.2 Å². The van der Waals surface area contributed by atoms with Gasteiger partial charge in [-0.25, -0.2) is 4.98 Å². The molecule has 1 amide bonds. The van der Waals surface area contributed by atoms with Crippen molar-refractivity contribution in [3.63, 3.8) is 0 Å². The van der Waals surface area contributed by atoms with Crippen molar-refractivity contribution >= 4 is 28.3 Å². The minimum absolute atomic E-state index is 0.251. The molecule has 4 aromatic rings. The van der Waals surface area contributed by atoms with Crippen molar-refractivity contribution in [1.29, 1.82) is 0 Å². The van der Waals surface area contributed by atoms with Crippen LogP contribution in [0.1, 0.15) is 24.2 Å². The van der Waals surface area contributed by atoms with E-state index in [4.69, 9.17) is 19.2 Å². The van der Waals surface area contributed by atoms with Gasteiger partial charge in [0.2, 0.25) is 0 Å². The van der Waals surface area contributed by atoms with Gasteiger partial charge in [-0.2, -0.15) is 0 Å². The van der Waals surface area contributed by atoms with Crippen LogP contribution in [0.25, 0.3) is 22.4 Å². The molecule has 0 fully saturated rings. The monoisotopic (exact) mass is 474 g/mol. The highest BCUT2D eigenvalue weighted by Crippen LogP contribution is 2.35. The molecule has 0 saturated heterocycles. The third-order valence-corrected chi connectivity index (χ3v) is 5.96. The van der Waals surface area contributed by atoms with Gasteiger partial charge in [0.15, 0.2) is 11.5 Å². The van der Waals surface area contributed by atoms with Gasteiger partial charge >= 0.3 is 0 Å². The Morgan fingerprint density at radius 1 is 0.914 bits per heavy atom. The van der Waals surface area contributed by atoms with E-state index in [0.717, 1.165) is 41.1 Å². The molecule has 0 radical (unpaired) electrons. The lowest BCUT2D eigenvalue weighted by atomic mass is 10.1. The van der Waals surface area contributed by atoms with Gasteiger partial charge in [-0.05, 0) is 56.3 Å². The molecular formula is C27H30N4O4.